The van der Waals surface area contributed by atoms with Crippen molar-refractivity contribution in [1.82, 2.24) is 0 Å². The molecule has 0 spiro atoms. The lowest BCUT2D eigenvalue weighted by molar-refractivity contribution is 0.401. The Morgan fingerprint density at radius 2 is 0.833 bits per heavy atom. The van der Waals surface area contributed by atoms with E-state index in [0.29, 0.717) is 23.0 Å². The maximum absolute atomic E-state index is 9.05. The molecule has 0 aliphatic heterocycles. The van der Waals surface area contributed by atoms with Crippen LogP contribution in [0.3, 0.4) is 0 Å². The fraction of sp³-hybridized carbons (Fsp3) is 0.176. The first-order valence-corrected chi connectivity index (χ1v) is 13.2. The first kappa shape index (κ1) is 29.0. The lowest BCUT2D eigenvalue weighted by Gasteiger charge is -2.43. The third-order valence-electron chi connectivity index (χ3n) is 7.24. The number of nitriles is 4. The SMILES string of the molecule is CCCCC(c1ccc(OC#N)cc1)(c1ccc(OC#N)cc1)C(c1ccc(OC#N)cc1)c1ccc(OC#N)cc1. The van der Waals surface area contributed by atoms with E-state index in [-0.39, 0.29) is 5.92 Å². The Hall–Kier alpha value is -5.96. The third kappa shape index (κ3) is 6.26. The molecule has 0 amide bonds. The number of nitrogens with zero attached hydrogens (tertiary/aromatic N) is 4. The zero-order valence-corrected chi connectivity index (χ0v) is 22.9. The van der Waals surface area contributed by atoms with Gasteiger partial charge >= 0.3 is 0 Å². The van der Waals surface area contributed by atoms with Crippen LogP contribution >= 0.6 is 0 Å². The van der Waals surface area contributed by atoms with Crippen molar-refractivity contribution in [2.24, 2.45) is 0 Å². The van der Waals surface area contributed by atoms with Gasteiger partial charge in [0, 0.05) is 11.3 Å². The molecule has 0 saturated heterocycles. The van der Waals surface area contributed by atoms with E-state index in [1.807, 2.05) is 48.5 Å². The standard InChI is InChI=1S/C34H26N4O4/c1-2-3-20-34(27-8-16-31(17-9-27)41-23-37,28-10-18-32(19-11-28)42-24-38)33(25-4-12-29(13-5-25)39-21-35)26-6-14-30(15-7-26)40-22-36/h4-19,33H,2-3,20H2,1H3. The van der Waals surface area contributed by atoms with Crippen LogP contribution in [-0.4, -0.2) is 0 Å². The second-order valence-electron chi connectivity index (χ2n) is 9.47. The van der Waals surface area contributed by atoms with Gasteiger partial charge in [0.2, 0.25) is 0 Å². The van der Waals surface area contributed by atoms with Crippen molar-refractivity contribution in [2.75, 3.05) is 0 Å². The van der Waals surface area contributed by atoms with Gasteiger partial charge in [0.1, 0.15) is 23.0 Å². The van der Waals surface area contributed by atoms with Crippen LogP contribution in [0, 0.1) is 46.1 Å². The van der Waals surface area contributed by atoms with Gasteiger partial charge in [-0.2, -0.15) is 0 Å². The monoisotopic (exact) mass is 554 g/mol. The van der Waals surface area contributed by atoms with Crippen molar-refractivity contribution in [3.05, 3.63) is 119 Å². The van der Waals surface area contributed by atoms with Gasteiger partial charge in [0.25, 0.3) is 25.0 Å². The molecule has 0 aromatic heterocycles. The van der Waals surface area contributed by atoms with Crippen LogP contribution in [0.4, 0.5) is 0 Å². The van der Waals surface area contributed by atoms with E-state index >= 15 is 0 Å². The summed E-state index contributed by atoms with van der Waals surface area (Å²) < 4.78 is 20.3. The molecule has 0 N–H and O–H groups in total. The Morgan fingerprint density at radius 3 is 1.12 bits per heavy atom. The maximum Gasteiger partial charge on any atom is 0.292 e. The Balaban J connectivity index is 2.04. The molecule has 4 rings (SSSR count). The number of benzene rings is 4. The molecule has 0 aliphatic rings. The van der Waals surface area contributed by atoms with Gasteiger partial charge in [-0.05, 0) is 77.2 Å². The molecule has 42 heavy (non-hydrogen) atoms. The molecular weight excluding hydrogens is 528 g/mol. The smallest absolute Gasteiger partial charge is 0.292 e. The quantitative estimate of drug-likeness (QED) is 0.165. The van der Waals surface area contributed by atoms with Gasteiger partial charge in [0.15, 0.2) is 0 Å². The van der Waals surface area contributed by atoms with E-state index in [1.54, 1.807) is 73.6 Å². The fourth-order valence-electron chi connectivity index (χ4n) is 5.46. The van der Waals surface area contributed by atoms with E-state index in [9.17, 15) is 0 Å². The van der Waals surface area contributed by atoms with E-state index in [4.69, 9.17) is 40.0 Å². The van der Waals surface area contributed by atoms with Crippen LogP contribution in [0.2, 0.25) is 0 Å². The fourth-order valence-corrected chi connectivity index (χ4v) is 5.46. The predicted molar refractivity (Wildman–Crippen MR) is 153 cm³/mol. The van der Waals surface area contributed by atoms with Gasteiger partial charge in [-0.1, -0.05) is 68.3 Å². The highest BCUT2D eigenvalue weighted by molar-refractivity contribution is 5.53. The van der Waals surface area contributed by atoms with Gasteiger partial charge in [-0.3, -0.25) is 0 Å². The van der Waals surface area contributed by atoms with Crippen molar-refractivity contribution < 1.29 is 18.9 Å². The minimum Gasteiger partial charge on any atom is -0.388 e. The summed E-state index contributed by atoms with van der Waals surface area (Å²) in [6.07, 6.45) is 9.42. The first-order valence-electron chi connectivity index (χ1n) is 13.2. The predicted octanol–water partition coefficient (Wildman–Crippen LogP) is 7.43. The van der Waals surface area contributed by atoms with Crippen molar-refractivity contribution in [2.45, 2.75) is 37.5 Å². The summed E-state index contributed by atoms with van der Waals surface area (Å²) in [5.41, 5.74) is 3.21. The minimum atomic E-state index is -0.665. The summed E-state index contributed by atoms with van der Waals surface area (Å²) >= 11 is 0. The number of ether oxygens (including phenoxy) is 4. The van der Waals surface area contributed by atoms with Gasteiger partial charge in [0.05, 0.1) is 0 Å². The van der Waals surface area contributed by atoms with Crippen LogP contribution in [0.5, 0.6) is 23.0 Å². The average Bonchev–Trinajstić information content (AvgIpc) is 3.02. The molecule has 206 valence electrons. The number of unbranched alkanes of at least 4 members (excludes halogenated alkanes) is 1. The minimum absolute atomic E-state index is 0.276. The zero-order valence-electron chi connectivity index (χ0n) is 22.9. The van der Waals surface area contributed by atoms with Crippen molar-refractivity contribution in [3.8, 4) is 48.0 Å². The zero-order chi connectivity index (χ0) is 29.8. The van der Waals surface area contributed by atoms with E-state index in [1.165, 1.54) is 0 Å². The van der Waals surface area contributed by atoms with Gasteiger partial charge in [-0.15, -0.1) is 21.0 Å². The second kappa shape index (κ2) is 13.9. The van der Waals surface area contributed by atoms with Crippen LogP contribution in [0.1, 0.15) is 54.4 Å². The summed E-state index contributed by atoms with van der Waals surface area (Å²) in [4.78, 5) is 0. The van der Waals surface area contributed by atoms with Gasteiger partial charge in [-0.25, -0.2) is 0 Å². The van der Waals surface area contributed by atoms with Crippen LogP contribution < -0.4 is 18.9 Å². The molecule has 0 radical (unpaired) electrons. The Labute approximate surface area is 244 Å². The summed E-state index contributed by atoms with van der Waals surface area (Å²) in [6.45, 7) is 2.13. The summed E-state index contributed by atoms with van der Waals surface area (Å²) in [7, 11) is 0. The van der Waals surface area contributed by atoms with E-state index in [0.717, 1.165) is 41.5 Å². The molecule has 0 fully saturated rings. The molecule has 0 aliphatic carbocycles. The molecule has 8 nitrogen and oxygen atoms in total. The topological polar surface area (TPSA) is 132 Å². The summed E-state index contributed by atoms with van der Waals surface area (Å²) in [5.74, 6) is 1.43. The molecule has 4 aromatic rings. The van der Waals surface area contributed by atoms with E-state index in [2.05, 4.69) is 6.92 Å². The highest BCUT2D eigenvalue weighted by Gasteiger charge is 2.43. The molecule has 8 heteroatoms. The lowest BCUT2D eigenvalue weighted by atomic mass is 9.59. The highest BCUT2D eigenvalue weighted by Crippen LogP contribution is 2.52. The normalized spacial score (nSPS) is 10.4. The summed E-state index contributed by atoms with van der Waals surface area (Å²) in [5, 5.41) is 36.2. The number of hydrogen-bond donors (Lipinski definition) is 0. The molecule has 0 unspecified atom stereocenters. The molecule has 0 heterocycles. The summed E-state index contributed by atoms with van der Waals surface area (Å²) in [6, 6.07) is 29.8. The third-order valence-corrected chi connectivity index (χ3v) is 7.24. The van der Waals surface area contributed by atoms with Crippen LogP contribution in [-0.2, 0) is 5.41 Å². The molecule has 0 atom stereocenters. The van der Waals surface area contributed by atoms with Crippen molar-refractivity contribution in [1.29, 1.82) is 21.0 Å². The number of rotatable bonds is 12. The second-order valence-corrected chi connectivity index (χ2v) is 9.47. The van der Waals surface area contributed by atoms with Crippen molar-refractivity contribution >= 4 is 0 Å². The van der Waals surface area contributed by atoms with Crippen LogP contribution in [0.15, 0.2) is 97.1 Å². The Morgan fingerprint density at radius 1 is 0.524 bits per heavy atom. The van der Waals surface area contributed by atoms with E-state index < -0.39 is 5.41 Å². The Bertz CT molecular complexity index is 1520. The van der Waals surface area contributed by atoms with Gasteiger partial charge < -0.3 is 18.9 Å². The largest absolute Gasteiger partial charge is 0.388 e. The maximum atomic E-state index is 9.05. The first-order chi connectivity index (χ1) is 20.6. The van der Waals surface area contributed by atoms with Crippen molar-refractivity contribution in [3.63, 3.8) is 0 Å². The number of hydrogen-bond acceptors (Lipinski definition) is 8. The average molecular weight is 555 g/mol. The van der Waals surface area contributed by atoms with Crippen LogP contribution in [0.25, 0.3) is 0 Å². The lowest BCUT2D eigenvalue weighted by Crippen LogP contribution is -2.36. The Kier molecular flexibility index (Phi) is 9.61. The molecule has 0 bridgehead atoms. The molecular formula is C34H26N4O4. The molecule has 0 saturated carbocycles. The highest BCUT2D eigenvalue weighted by atomic mass is 16.5. The molecule has 4 aromatic carbocycles.